The van der Waals surface area contributed by atoms with Crippen LogP contribution in [-0.2, 0) is 0 Å². The quantitative estimate of drug-likeness (QED) is 0.292. The molecule has 0 saturated heterocycles. The van der Waals surface area contributed by atoms with Gasteiger partial charge in [0.1, 0.15) is 6.10 Å². The Balaban J connectivity index is 2.69. The molecular formula is C10H16N2O2S. The van der Waals surface area contributed by atoms with Crippen LogP contribution < -0.4 is 11.3 Å². The minimum absolute atomic E-state index is 0.459. The first-order valence-electron chi connectivity index (χ1n) is 4.72. The van der Waals surface area contributed by atoms with E-state index in [2.05, 4.69) is 18.1 Å². The van der Waals surface area contributed by atoms with Crippen LogP contribution in [0.25, 0.3) is 0 Å². The summed E-state index contributed by atoms with van der Waals surface area (Å²) >= 11 is 4.00. The molecule has 1 rings (SSSR count). The topological polar surface area (TPSA) is 78.5 Å². The van der Waals surface area contributed by atoms with Crippen LogP contribution in [0.1, 0.15) is 18.1 Å². The van der Waals surface area contributed by atoms with Gasteiger partial charge in [0.25, 0.3) is 0 Å². The third-order valence-corrected chi connectivity index (χ3v) is 2.47. The average Bonchev–Trinajstić information content (AvgIpc) is 2.28. The number of rotatable bonds is 5. The lowest BCUT2D eigenvalue weighted by atomic mass is 10.0. The van der Waals surface area contributed by atoms with Gasteiger partial charge in [0.15, 0.2) is 0 Å². The number of hydrogen-bond acceptors (Lipinski definition) is 5. The number of hydrogen-bond donors (Lipinski definition) is 5. The summed E-state index contributed by atoms with van der Waals surface area (Å²) in [6, 6.07) is 6.93. The summed E-state index contributed by atoms with van der Waals surface area (Å²) in [5, 5.41) is 19.3. The fourth-order valence-electron chi connectivity index (χ4n) is 1.29. The average molecular weight is 228 g/mol. The number of hydrazine groups is 1. The summed E-state index contributed by atoms with van der Waals surface area (Å²) < 4.78 is 0. The number of nitrogens with one attached hydrogen (secondary N) is 1. The molecule has 0 aliphatic heterocycles. The molecule has 0 radical (unpaired) electrons. The number of nitrogens with two attached hydrogens (primary N) is 1. The van der Waals surface area contributed by atoms with E-state index in [1.165, 1.54) is 0 Å². The van der Waals surface area contributed by atoms with E-state index in [1.807, 2.05) is 0 Å². The van der Waals surface area contributed by atoms with Gasteiger partial charge in [-0.1, -0.05) is 12.1 Å². The van der Waals surface area contributed by atoms with Crippen molar-refractivity contribution >= 4 is 18.3 Å². The summed E-state index contributed by atoms with van der Waals surface area (Å²) in [6.45, 7) is 0. The van der Waals surface area contributed by atoms with Gasteiger partial charge in [0.2, 0.25) is 0 Å². The largest absolute Gasteiger partial charge is 0.390 e. The number of thiol groups is 1. The molecule has 0 saturated carbocycles. The van der Waals surface area contributed by atoms with Crippen LogP contribution in [0.2, 0.25) is 0 Å². The van der Waals surface area contributed by atoms with Crippen LogP contribution in [-0.4, -0.2) is 22.1 Å². The minimum atomic E-state index is -0.871. The van der Waals surface area contributed by atoms with Crippen molar-refractivity contribution in [3.05, 3.63) is 29.8 Å². The van der Waals surface area contributed by atoms with E-state index in [4.69, 9.17) is 5.84 Å². The Bertz CT molecular complexity index is 292. The van der Waals surface area contributed by atoms with Gasteiger partial charge in [0, 0.05) is 5.69 Å². The Morgan fingerprint density at radius 1 is 1.27 bits per heavy atom. The van der Waals surface area contributed by atoms with E-state index in [-0.39, 0.29) is 0 Å². The molecule has 1 aromatic carbocycles. The first-order chi connectivity index (χ1) is 7.19. The van der Waals surface area contributed by atoms with E-state index in [0.29, 0.717) is 17.7 Å². The van der Waals surface area contributed by atoms with E-state index in [1.54, 1.807) is 24.3 Å². The second-order valence-corrected chi connectivity index (χ2v) is 3.74. The van der Waals surface area contributed by atoms with E-state index < -0.39 is 12.2 Å². The minimum Gasteiger partial charge on any atom is -0.390 e. The monoisotopic (exact) mass is 228 g/mol. The molecule has 5 N–H and O–H groups in total. The van der Waals surface area contributed by atoms with Crippen LogP contribution in [0.15, 0.2) is 24.3 Å². The highest BCUT2D eigenvalue weighted by Gasteiger charge is 2.16. The van der Waals surface area contributed by atoms with Gasteiger partial charge in [-0.3, -0.25) is 5.84 Å². The van der Waals surface area contributed by atoms with Gasteiger partial charge in [0.05, 0.1) is 6.10 Å². The molecule has 0 aromatic heterocycles. The Morgan fingerprint density at radius 2 is 1.87 bits per heavy atom. The molecule has 5 heteroatoms. The maximum atomic E-state index is 9.75. The highest BCUT2D eigenvalue weighted by atomic mass is 32.1. The number of benzene rings is 1. The summed E-state index contributed by atoms with van der Waals surface area (Å²) in [5.41, 5.74) is 3.92. The van der Waals surface area contributed by atoms with Crippen LogP contribution in [0.4, 0.5) is 5.69 Å². The Labute approximate surface area is 94.5 Å². The number of anilines is 1. The molecule has 0 aliphatic carbocycles. The van der Waals surface area contributed by atoms with Crippen LogP contribution in [0, 0.1) is 0 Å². The maximum absolute atomic E-state index is 9.75. The standard InChI is InChI=1S/C10H16N2O2S/c11-12-8-3-1-7(2-4-8)10(14)9(13)5-6-15/h1-4,9-10,12-15H,5-6,11H2. The smallest absolute Gasteiger partial charge is 0.105 e. The predicted molar refractivity (Wildman–Crippen MR) is 63.7 cm³/mol. The van der Waals surface area contributed by atoms with Gasteiger partial charge < -0.3 is 15.6 Å². The van der Waals surface area contributed by atoms with Crippen molar-refractivity contribution in [2.75, 3.05) is 11.2 Å². The fourth-order valence-corrected chi connectivity index (χ4v) is 1.55. The second kappa shape index (κ2) is 5.97. The van der Waals surface area contributed by atoms with E-state index in [0.717, 1.165) is 5.69 Å². The summed E-state index contributed by atoms with van der Waals surface area (Å²) in [7, 11) is 0. The molecule has 1 aromatic rings. The predicted octanol–water partition coefficient (Wildman–Crippen LogP) is 0.686. The molecule has 2 atom stereocenters. The molecule has 0 spiro atoms. The highest BCUT2D eigenvalue weighted by Crippen LogP contribution is 2.20. The van der Waals surface area contributed by atoms with Crippen LogP contribution in [0.3, 0.4) is 0 Å². The molecule has 15 heavy (non-hydrogen) atoms. The summed E-state index contributed by atoms with van der Waals surface area (Å²) in [6.07, 6.45) is -1.19. The zero-order valence-corrected chi connectivity index (χ0v) is 9.19. The van der Waals surface area contributed by atoms with Gasteiger partial charge in [-0.25, -0.2) is 0 Å². The Kier molecular flexibility index (Phi) is 4.90. The second-order valence-electron chi connectivity index (χ2n) is 3.29. The third kappa shape index (κ3) is 3.39. The zero-order chi connectivity index (χ0) is 11.3. The van der Waals surface area contributed by atoms with E-state index >= 15 is 0 Å². The molecule has 0 fully saturated rings. The molecule has 4 nitrogen and oxygen atoms in total. The van der Waals surface area contributed by atoms with Gasteiger partial charge in [-0.15, -0.1) is 0 Å². The first-order valence-corrected chi connectivity index (χ1v) is 5.36. The lowest BCUT2D eigenvalue weighted by molar-refractivity contribution is 0.0172. The Hall–Kier alpha value is -0.750. The third-order valence-electron chi connectivity index (χ3n) is 2.21. The SMILES string of the molecule is NNc1ccc(C(O)C(O)CCS)cc1. The normalized spacial score (nSPS) is 14.7. The van der Waals surface area contributed by atoms with Gasteiger partial charge >= 0.3 is 0 Å². The van der Waals surface area contributed by atoms with Crippen LogP contribution >= 0.6 is 12.6 Å². The molecule has 0 amide bonds. The lowest BCUT2D eigenvalue weighted by Gasteiger charge is -2.17. The summed E-state index contributed by atoms with van der Waals surface area (Å²) in [4.78, 5) is 0. The van der Waals surface area contributed by atoms with Gasteiger partial charge in [-0.2, -0.15) is 12.6 Å². The number of aliphatic hydroxyl groups is 2. The molecule has 2 unspecified atom stereocenters. The van der Waals surface area contributed by atoms with Crippen molar-refractivity contribution in [3.63, 3.8) is 0 Å². The van der Waals surface area contributed by atoms with Gasteiger partial charge in [-0.05, 0) is 29.9 Å². The Morgan fingerprint density at radius 3 is 2.33 bits per heavy atom. The molecule has 0 bridgehead atoms. The fraction of sp³-hybridized carbons (Fsp3) is 0.400. The number of nitrogen functional groups attached to an aromatic ring is 1. The zero-order valence-electron chi connectivity index (χ0n) is 8.30. The first kappa shape index (κ1) is 12.3. The lowest BCUT2D eigenvalue weighted by Crippen LogP contribution is -2.18. The van der Waals surface area contributed by atoms with Crippen molar-refractivity contribution in [1.29, 1.82) is 0 Å². The molecule has 0 aliphatic rings. The van der Waals surface area contributed by atoms with Crippen molar-refractivity contribution in [2.45, 2.75) is 18.6 Å². The van der Waals surface area contributed by atoms with Crippen molar-refractivity contribution in [3.8, 4) is 0 Å². The molecule has 84 valence electrons. The van der Waals surface area contributed by atoms with Crippen molar-refractivity contribution in [1.82, 2.24) is 0 Å². The van der Waals surface area contributed by atoms with E-state index in [9.17, 15) is 10.2 Å². The summed E-state index contributed by atoms with van der Waals surface area (Å²) in [5.74, 6) is 5.75. The van der Waals surface area contributed by atoms with Crippen molar-refractivity contribution in [2.24, 2.45) is 5.84 Å². The molecular weight excluding hydrogens is 212 g/mol. The highest BCUT2D eigenvalue weighted by molar-refractivity contribution is 7.80. The van der Waals surface area contributed by atoms with Crippen LogP contribution in [0.5, 0.6) is 0 Å². The number of aliphatic hydroxyl groups excluding tert-OH is 2. The molecule has 0 heterocycles. The maximum Gasteiger partial charge on any atom is 0.105 e. The van der Waals surface area contributed by atoms with Crippen molar-refractivity contribution < 1.29 is 10.2 Å².